The number of para-hydroxylation sites is 1. The second-order valence-electron chi connectivity index (χ2n) is 4.04. The molecule has 0 bridgehead atoms. The largest absolute Gasteiger partial charge is 0.366 e. The summed E-state index contributed by atoms with van der Waals surface area (Å²) in [4.78, 5) is 0. The maximum Gasteiger partial charge on any atom is 0.141 e. The van der Waals surface area contributed by atoms with E-state index in [0.717, 1.165) is 16.8 Å². The molecule has 3 heteroatoms. The molecular weight excluding hydrogens is 244 g/mol. The Hall–Kier alpha value is -1.98. The van der Waals surface area contributed by atoms with E-state index in [0.29, 0.717) is 5.02 Å². The van der Waals surface area contributed by atoms with Gasteiger partial charge in [0, 0.05) is 16.3 Å². The maximum absolute atomic E-state index is 9.28. The molecule has 0 radical (unpaired) electrons. The third-order valence-electron chi connectivity index (χ3n) is 2.79. The normalized spacial score (nSPS) is 11.6. The van der Waals surface area contributed by atoms with Crippen molar-refractivity contribution in [2.75, 3.05) is 5.32 Å². The van der Waals surface area contributed by atoms with Gasteiger partial charge in [-0.15, -0.1) is 0 Å². The van der Waals surface area contributed by atoms with Crippen LogP contribution in [0.4, 0.5) is 5.69 Å². The number of aryl methyl sites for hydroxylation is 1. The van der Waals surface area contributed by atoms with Crippen LogP contribution in [-0.4, -0.2) is 0 Å². The molecule has 2 aromatic rings. The summed E-state index contributed by atoms with van der Waals surface area (Å²) in [6.07, 6.45) is 0. The topological polar surface area (TPSA) is 35.8 Å². The van der Waals surface area contributed by atoms with E-state index in [1.54, 1.807) is 6.07 Å². The molecule has 0 saturated heterocycles. The van der Waals surface area contributed by atoms with E-state index >= 15 is 0 Å². The average molecular weight is 257 g/mol. The highest BCUT2D eigenvalue weighted by Gasteiger charge is 2.13. The lowest BCUT2D eigenvalue weighted by molar-refractivity contribution is 0.994. The van der Waals surface area contributed by atoms with E-state index in [1.807, 2.05) is 49.4 Å². The highest BCUT2D eigenvalue weighted by molar-refractivity contribution is 6.31. The Morgan fingerprint density at radius 1 is 1.11 bits per heavy atom. The molecule has 0 aromatic heterocycles. The van der Waals surface area contributed by atoms with Gasteiger partial charge in [-0.2, -0.15) is 5.26 Å². The van der Waals surface area contributed by atoms with Crippen LogP contribution in [0.5, 0.6) is 0 Å². The van der Waals surface area contributed by atoms with Gasteiger partial charge in [0.25, 0.3) is 0 Å². The monoisotopic (exact) mass is 256 g/mol. The summed E-state index contributed by atoms with van der Waals surface area (Å²) in [7, 11) is 0. The first-order chi connectivity index (χ1) is 8.72. The lowest BCUT2D eigenvalue weighted by Crippen LogP contribution is -2.09. The van der Waals surface area contributed by atoms with E-state index in [-0.39, 0.29) is 0 Å². The lowest BCUT2D eigenvalue weighted by Gasteiger charge is -2.16. The second kappa shape index (κ2) is 5.57. The van der Waals surface area contributed by atoms with Gasteiger partial charge in [-0.25, -0.2) is 0 Å². The van der Waals surface area contributed by atoms with Crippen LogP contribution in [0.25, 0.3) is 0 Å². The molecule has 2 aromatic carbocycles. The van der Waals surface area contributed by atoms with Gasteiger partial charge in [0.1, 0.15) is 6.04 Å². The summed E-state index contributed by atoms with van der Waals surface area (Å²) in [6.45, 7) is 2.00. The van der Waals surface area contributed by atoms with Crippen LogP contribution in [0.2, 0.25) is 5.02 Å². The minimum absolute atomic E-state index is 0.445. The van der Waals surface area contributed by atoms with Gasteiger partial charge in [-0.3, -0.25) is 0 Å². The highest BCUT2D eigenvalue weighted by atomic mass is 35.5. The summed E-state index contributed by atoms with van der Waals surface area (Å²) < 4.78 is 0. The Balaban J connectivity index is 2.30. The fraction of sp³-hybridized carbons (Fsp3) is 0.133. The molecule has 0 aliphatic rings. The number of benzene rings is 2. The van der Waals surface area contributed by atoms with Crippen molar-refractivity contribution >= 4 is 17.3 Å². The van der Waals surface area contributed by atoms with Crippen molar-refractivity contribution in [2.24, 2.45) is 0 Å². The molecule has 0 fully saturated rings. The maximum atomic E-state index is 9.28. The first kappa shape index (κ1) is 12.5. The van der Waals surface area contributed by atoms with Crippen molar-refractivity contribution in [1.29, 1.82) is 5.26 Å². The molecule has 0 aliphatic heterocycles. The van der Waals surface area contributed by atoms with Crippen LogP contribution in [0.3, 0.4) is 0 Å². The van der Waals surface area contributed by atoms with Crippen LogP contribution < -0.4 is 5.32 Å². The van der Waals surface area contributed by atoms with Crippen LogP contribution in [0, 0.1) is 18.3 Å². The van der Waals surface area contributed by atoms with E-state index in [1.165, 1.54) is 0 Å². The number of anilines is 1. The predicted molar refractivity (Wildman–Crippen MR) is 74.6 cm³/mol. The van der Waals surface area contributed by atoms with Crippen LogP contribution in [0.1, 0.15) is 17.2 Å². The number of nitrogens with one attached hydrogen (secondary N) is 1. The molecule has 2 nitrogen and oxygen atoms in total. The molecule has 1 atom stereocenters. The van der Waals surface area contributed by atoms with Crippen molar-refractivity contribution in [2.45, 2.75) is 13.0 Å². The summed E-state index contributed by atoms with van der Waals surface area (Å²) >= 11 is 6.11. The molecule has 18 heavy (non-hydrogen) atoms. The van der Waals surface area contributed by atoms with Crippen molar-refractivity contribution in [3.05, 3.63) is 64.7 Å². The van der Waals surface area contributed by atoms with E-state index < -0.39 is 6.04 Å². The van der Waals surface area contributed by atoms with Crippen molar-refractivity contribution < 1.29 is 0 Å². The zero-order chi connectivity index (χ0) is 13.0. The lowest BCUT2D eigenvalue weighted by atomic mass is 10.1. The van der Waals surface area contributed by atoms with Gasteiger partial charge in [-0.05, 0) is 24.6 Å². The van der Waals surface area contributed by atoms with Crippen LogP contribution in [-0.2, 0) is 0 Å². The molecule has 0 spiro atoms. The molecule has 0 heterocycles. The number of nitriles is 1. The van der Waals surface area contributed by atoms with Gasteiger partial charge in [0.15, 0.2) is 0 Å². The number of rotatable bonds is 3. The SMILES string of the molecule is Cc1ccccc1NC(C#N)c1ccccc1Cl. The van der Waals surface area contributed by atoms with E-state index in [9.17, 15) is 5.26 Å². The fourth-order valence-corrected chi connectivity index (χ4v) is 2.02. The predicted octanol–water partition coefficient (Wildman–Crippen LogP) is 4.33. The summed E-state index contributed by atoms with van der Waals surface area (Å²) in [5.41, 5.74) is 2.85. The van der Waals surface area contributed by atoms with Gasteiger partial charge in [0.2, 0.25) is 0 Å². The van der Waals surface area contributed by atoms with Crippen molar-refractivity contribution in [1.82, 2.24) is 0 Å². The third-order valence-corrected chi connectivity index (χ3v) is 3.13. The van der Waals surface area contributed by atoms with Crippen molar-refractivity contribution in [3.8, 4) is 6.07 Å². The Labute approximate surface area is 112 Å². The number of hydrogen-bond donors (Lipinski definition) is 1. The summed E-state index contributed by atoms with van der Waals surface area (Å²) in [5.74, 6) is 0. The van der Waals surface area contributed by atoms with Gasteiger partial charge in [0.05, 0.1) is 6.07 Å². The molecule has 0 aliphatic carbocycles. The van der Waals surface area contributed by atoms with Crippen LogP contribution >= 0.6 is 11.6 Å². The Bertz CT molecular complexity index is 587. The highest BCUT2D eigenvalue weighted by Crippen LogP contribution is 2.26. The molecule has 1 N–H and O–H groups in total. The Kier molecular flexibility index (Phi) is 3.86. The molecule has 0 amide bonds. The van der Waals surface area contributed by atoms with E-state index in [4.69, 9.17) is 11.6 Å². The Morgan fingerprint density at radius 3 is 2.44 bits per heavy atom. The molecule has 0 saturated carbocycles. The summed E-state index contributed by atoms with van der Waals surface area (Å²) in [6, 6.07) is 17.1. The van der Waals surface area contributed by atoms with Crippen LogP contribution in [0.15, 0.2) is 48.5 Å². The molecule has 1 unspecified atom stereocenters. The molecule has 90 valence electrons. The minimum Gasteiger partial charge on any atom is -0.366 e. The second-order valence-corrected chi connectivity index (χ2v) is 4.45. The number of hydrogen-bond acceptors (Lipinski definition) is 2. The zero-order valence-corrected chi connectivity index (χ0v) is 10.8. The third kappa shape index (κ3) is 2.64. The Morgan fingerprint density at radius 2 is 1.78 bits per heavy atom. The number of nitrogens with zero attached hydrogens (tertiary/aromatic N) is 1. The number of halogens is 1. The standard InChI is InChI=1S/C15H13ClN2/c1-11-6-2-5-9-14(11)18-15(10-17)12-7-3-4-8-13(12)16/h2-9,15,18H,1H3. The minimum atomic E-state index is -0.445. The molecule has 2 rings (SSSR count). The molecular formula is C15H13ClN2. The van der Waals surface area contributed by atoms with Gasteiger partial charge in [-0.1, -0.05) is 48.0 Å². The van der Waals surface area contributed by atoms with E-state index in [2.05, 4.69) is 11.4 Å². The average Bonchev–Trinajstić information content (AvgIpc) is 2.39. The first-order valence-corrected chi connectivity index (χ1v) is 6.06. The van der Waals surface area contributed by atoms with Crippen molar-refractivity contribution in [3.63, 3.8) is 0 Å². The smallest absolute Gasteiger partial charge is 0.141 e. The first-order valence-electron chi connectivity index (χ1n) is 5.68. The zero-order valence-electron chi connectivity index (χ0n) is 10.0. The summed E-state index contributed by atoms with van der Waals surface area (Å²) in [5, 5.41) is 13.1. The van der Waals surface area contributed by atoms with Gasteiger partial charge < -0.3 is 5.32 Å². The fourth-order valence-electron chi connectivity index (χ4n) is 1.78. The van der Waals surface area contributed by atoms with Gasteiger partial charge >= 0.3 is 0 Å². The quantitative estimate of drug-likeness (QED) is 0.887.